The maximum atomic E-state index is 12.6. The van der Waals surface area contributed by atoms with Gasteiger partial charge in [-0.1, -0.05) is 52.7 Å². The van der Waals surface area contributed by atoms with Gasteiger partial charge in [-0.25, -0.2) is 0 Å². The molecule has 0 bridgehead atoms. The minimum absolute atomic E-state index is 0.0562. The van der Waals surface area contributed by atoms with E-state index in [1.165, 1.54) is 0 Å². The molecule has 0 radical (unpaired) electrons. The minimum atomic E-state index is -0.377. The van der Waals surface area contributed by atoms with E-state index in [4.69, 9.17) is 18.8 Å². The molecule has 0 saturated heterocycles. The molecule has 314 valence electrons. The highest BCUT2D eigenvalue weighted by Crippen LogP contribution is 2.54. The molecule has 6 aromatic rings. The van der Waals surface area contributed by atoms with Crippen LogP contribution in [0.4, 0.5) is 0 Å². The van der Waals surface area contributed by atoms with E-state index in [-0.39, 0.29) is 81.4 Å². The van der Waals surface area contributed by atoms with E-state index in [9.17, 15) is 30.6 Å². The summed E-state index contributed by atoms with van der Waals surface area (Å²) >= 11 is 0. The molecule has 10 nitrogen and oxygen atoms in total. The first-order valence-electron chi connectivity index (χ1n) is 21.4. The van der Waals surface area contributed by atoms with Gasteiger partial charge >= 0.3 is 0 Å². The van der Waals surface area contributed by atoms with Crippen molar-refractivity contribution in [3.8, 4) is 45.6 Å². The first-order valence-corrected chi connectivity index (χ1v) is 21.4. The molecule has 0 unspecified atom stereocenters. The van der Waals surface area contributed by atoms with Gasteiger partial charge in [-0.15, -0.1) is 0 Å². The molecule has 2 heterocycles. The summed E-state index contributed by atoms with van der Waals surface area (Å²) in [5, 5.41) is 73.4. The normalized spacial score (nSPS) is 19.8. The van der Waals surface area contributed by atoms with Crippen molar-refractivity contribution in [1.29, 1.82) is 0 Å². The Labute approximate surface area is 350 Å². The van der Waals surface area contributed by atoms with Gasteiger partial charge in [0.05, 0.1) is 24.6 Å². The Hall–Kier alpha value is -5.90. The molecule has 4 aromatic carbocycles. The Bertz CT molecular complexity index is 2440. The van der Waals surface area contributed by atoms with Crippen molar-refractivity contribution in [2.24, 2.45) is 21.8 Å². The standard InChI is InChI=1S/C50H56N2O8/c1-25(2)39-33-19-27(5)41(47(55)43(33)35(45(53)49(39)57)23-51-37-15-7-11-29(37)21-31-13-9-17-59-31)42-28(6)20-34-40(26(3)4)50(58)46(54)36(44(34)48(42)56)24-52-38-16-8-12-30(38)22-32-14-10-18-60-32/h9-10,13-14,17-20,23-26,29-30,37-38,53-58H,7-8,11-12,15-16,21-22H2,1-6H3/t29-,30-,37-,38+/m0/s1. The number of benzene rings is 4. The molecule has 60 heavy (non-hydrogen) atoms. The predicted molar refractivity (Wildman–Crippen MR) is 237 cm³/mol. The lowest BCUT2D eigenvalue weighted by Gasteiger charge is -2.24. The first kappa shape index (κ1) is 40.9. The number of phenolic OH excluding ortho intramolecular Hbond substituents is 6. The van der Waals surface area contributed by atoms with Gasteiger partial charge in [-0.3, -0.25) is 9.98 Å². The molecule has 0 amide bonds. The molecule has 2 aromatic heterocycles. The summed E-state index contributed by atoms with van der Waals surface area (Å²) in [5.41, 5.74) is 3.25. The lowest BCUT2D eigenvalue weighted by molar-refractivity contribution is 0.398. The van der Waals surface area contributed by atoms with Gasteiger partial charge in [0, 0.05) is 69.4 Å². The Morgan fingerprint density at radius 2 is 0.983 bits per heavy atom. The van der Waals surface area contributed by atoms with Crippen LogP contribution in [0.2, 0.25) is 0 Å². The van der Waals surface area contributed by atoms with Crippen LogP contribution >= 0.6 is 0 Å². The van der Waals surface area contributed by atoms with E-state index in [1.807, 2.05) is 77.9 Å². The van der Waals surface area contributed by atoms with E-state index in [1.54, 1.807) is 25.0 Å². The number of furan rings is 2. The second-order valence-corrected chi connectivity index (χ2v) is 17.7. The quantitative estimate of drug-likeness (QED) is 0.0554. The lowest BCUT2D eigenvalue weighted by Crippen LogP contribution is -2.14. The van der Waals surface area contributed by atoms with Gasteiger partial charge in [0.1, 0.15) is 23.0 Å². The highest BCUT2D eigenvalue weighted by Gasteiger charge is 2.32. The van der Waals surface area contributed by atoms with E-state index < -0.39 is 0 Å². The van der Waals surface area contributed by atoms with Crippen LogP contribution < -0.4 is 0 Å². The molecule has 2 aliphatic rings. The third-order valence-corrected chi connectivity index (χ3v) is 13.1. The van der Waals surface area contributed by atoms with Crippen molar-refractivity contribution in [3.05, 3.63) is 93.8 Å². The minimum Gasteiger partial charge on any atom is -0.507 e. The summed E-state index contributed by atoms with van der Waals surface area (Å²) in [6.07, 6.45) is 13.6. The van der Waals surface area contributed by atoms with Crippen LogP contribution in [0.3, 0.4) is 0 Å². The summed E-state index contributed by atoms with van der Waals surface area (Å²) < 4.78 is 11.3. The van der Waals surface area contributed by atoms with Crippen molar-refractivity contribution in [2.45, 2.75) is 117 Å². The van der Waals surface area contributed by atoms with Crippen molar-refractivity contribution in [1.82, 2.24) is 0 Å². The maximum absolute atomic E-state index is 12.6. The topological polar surface area (TPSA) is 172 Å². The van der Waals surface area contributed by atoms with Crippen LogP contribution in [0.5, 0.6) is 34.5 Å². The lowest BCUT2D eigenvalue weighted by atomic mass is 9.83. The third kappa shape index (κ3) is 7.13. The summed E-state index contributed by atoms with van der Waals surface area (Å²) in [6.45, 7) is 11.4. The van der Waals surface area contributed by atoms with Gasteiger partial charge in [0.15, 0.2) is 23.0 Å². The number of hydrogen-bond acceptors (Lipinski definition) is 10. The van der Waals surface area contributed by atoms with Gasteiger partial charge < -0.3 is 39.5 Å². The van der Waals surface area contributed by atoms with E-state index in [0.29, 0.717) is 54.9 Å². The average molecular weight is 813 g/mol. The van der Waals surface area contributed by atoms with E-state index in [2.05, 4.69) is 0 Å². The summed E-state index contributed by atoms with van der Waals surface area (Å²) in [5.74, 6) is 0.156. The molecular formula is C50H56N2O8. The molecule has 4 atom stereocenters. The second-order valence-electron chi connectivity index (χ2n) is 17.7. The zero-order valence-corrected chi connectivity index (χ0v) is 35.3. The maximum Gasteiger partial charge on any atom is 0.167 e. The average Bonchev–Trinajstić information content (AvgIpc) is 4.05. The van der Waals surface area contributed by atoms with Gasteiger partial charge in [0.25, 0.3) is 0 Å². The Morgan fingerprint density at radius 3 is 1.33 bits per heavy atom. The number of nitrogens with zero attached hydrogens (tertiary/aromatic N) is 2. The van der Waals surface area contributed by atoms with Gasteiger partial charge in [0.2, 0.25) is 0 Å². The van der Waals surface area contributed by atoms with Crippen molar-refractivity contribution in [3.63, 3.8) is 0 Å². The molecule has 2 fully saturated rings. The van der Waals surface area contributed by atoms with E-state index in [0.717, 1.165) is 62.9 Å². The number of hydrogen-bond donors (Lipinski definition) is 6. The largest absolute Gasteiger partial charge is 0.507 e. The van der Waals surface area contributed by atoms with Gasteiger partial charge in [-0.05, 0) is 109 Å². The molecular weight excluding hydrogens is 757 g/mol. The number of aromatic hydroxyl groups is 6. The van der Waals surface area contributed by atoms with Crippen LogP contribution in [0.15, 0.2) is 67.7 Å². The fraction of sp³-hybridized carbons (Fsp3) is 0.400. The zero-order chi connectivity index (χ0) is 42.6. The number of phenols is 6. The van der Waals surface area contributed by atoms with Gasteiger partial charge in [-0.2, -0.15) is 0 Å². The van der Waals surface area contributed by atoms with Crippen LogP contribution in [-0.2, 0) is 12.8 Å². The van der Waals surface area contributed by atoms with E-state index >= 15 is 0 Å². The summed E-state index contributed by atoms with van der Waals surface area (Å²) in [6, 6.07) is 11.3. The third-order valence-electron chi connectivity index (χ3n) is 13.1. The first-order chi connectivity index (χ1) is 28.8. The smallest absolute Gasteiger partial charge is 0.167 e. The second kappa shape index (κ2) is 16.3. The summed E-state index contributed by atoms with van der Waals surface area (Å²) in [4.78, 5) is 9.98. The number of aliphatic imine (C=N–C) groups is 2. The molecule has 8 rings (SSSR count). The predicted octanol–water partition coefficient (Wildman–Crippen LogP) is 11.6. The number of rotatable bonds is 11. The van der Waals surface area contributed by atoms with Crippen LogP contribution in [0.25, 0.3) is 32.7 Å². The Morgan fingerprint density at radius 1 is 0.583 bits per heavy atom. The summed E-state index contributed by atoms with van der Waals surface area (Å²) in [7, 11) is 0. The highest BCUT2D eigenvalue weighted by molar-refractivity contribution is 6.15. The monoisotopic (exact) mass is 812 g/mol. The fourth-order valence-electron chi connectivity index (χ4n) is 10.2. The molecule has 2 saturated carbocycles. The van der Waals surface area contributed by atoms with Crippen LogP contribution in [0, 0.1) is 25.7 Å². The highest BCUT2D eigenvalue weighted by atomic mass is 16.3. The molecule has 6 N–H and O–H groups in total. The molecule has 2 aliphatic carbocycles. The molecule has 0 spiro atoms. The number of fused-ring (bicyclic) bond motifs is 2. The Balaban J connectivity index is 1.32. The molecule has 10 heteroatoms. The van der Waals surface area contributed by atoms with Crippen LogP contribution in [-0.4, -0.2) is 55.2 Å². The van der Waals surface area contributed by atoms with Crippen LogP contribution in [0.1, 0.15) is 123 Å². The van der Waals surface area contributed by atoms with Crippen molar-refractivity contribution < 1.29 is 39.5 Å². The fourth-order valence-corrected chi connectivity index (χ4v) is 10.2. The molecule has 0 aliphatic heterocycles. The SMILES string of the molecule is Cc1cc2c(C(C)C)c(O)c(O)c(C=N[C@H]3CCC[C@H]3Cc3ccco3)c2c(O)c1-c1c(C)cc2c(C(C)C)c(O)c(O)c(C=N[C@@H]3CCC[C@H]3Cc3ccco3)c2c1O. The Kier molecular flexibility index (Phi) is 11.1. The van der Waals surface area contributed by atoms with Crippen molar-refractivity contribution in [2.75, 3.05) is 0 Å². The number of aryl methyl sites for hydroxylation is 2. The zero-order valence-electron chi connectivity index (χ0n) is 35.3. The van der Waals surface area contributed by atoms with Crippen molar-refractivity contribution >= 4 is 34.0 Å².